The molecule has 6 heteroatoms. The molecule has 0 bridgehead atoms. The average Bonchev–Trinajstić information content (AvgIpc) is 2.96. The number of β-amino-alcohol motifs (C(OH)–C–C–N with tert-alkyl or cyclic N) is 1. The fourth-order valence-electron chi connectivity index (χ4n) is 3.14. The van der Waals surface area contributed by atoms with Crippen molar-refractivity contribution in [3.8, 4) is 5.75 Å². The molecule has 1 fully saturated rings. The first kappa shape index (κ1) is 17.9. The van der Waals surface area contributed by atoms with Crippen molar-refractivity contribution in [3.05, 3.63) is 48.0 Å². The molecule has 0 aliphatic carbocycles. The normalized spacial score (nSPS) is 21.9. The SMILES string of the molecule is CCn1cncc1CN1CCOC[C@](O)(COc2ccccc2C)C1. The Morgan fingerprint density at radius 2 is 2.20 bits per heavy atom. The molecule has 0 spiro atoms. The largest absolute Gasteiger partial charge is 0.490 e. The third-order valence-corrected chi connectivity index (χ3v) is 4.56. The third kappa shape index (κ3) is 4.60. The summed E-state index contributed by atoms with van der Waals surface area (Å²) in [6.45, 7) is 8.11. The summed E-state index contributed by atoms with van der Waals surface area (Å²) in [4.78, 5) is 6.43. The second-order valence-corrected chi connectivity index (χ2v) is 6.71. The van der Waals surface area contributed by atoms with E-state index in [2.05, 4.69) is 21.4 Å². The lowest BCUT2D eigenvalue weighted by atomic mass is 10.1. The Morgan fingerprint density at radius 1 is 1.36 bits per heavy atom. The maximum atomic E-state index is 11.0. The van der Waals surface area contributed by atoms with Gasteiger partial charge in [0.05, 0.1) is 25.2 Å². The number of aryl methyl sites for hydroxylation is 2. The summed E-state index contributed by atoms with van der Waals surface area (Å²) in [5.41, 5.74) is 1.17. The van der Waals surface area contributed by atoms with Gasteiger partial charge >= 0.3 is 0 Å². The van der Waals surface area contributed by atoms with Gasteiger partial charge in [-0.05, 0) is 25.5 Å². The van der Waals surface area contributed by atoms with E-state index in [1.165, 1.54) is 0 Å². The predicted molar refractivity (Wildman–Crippen MR) is 95.6 cm³/mol. The van der Waals surface area contributed by atoms with Crippen LogP contribution in [-0.2, 0) is 17.8 Å². The molecule has 1 saturated heterocycles. The smallest absolute Gasteiger partial charge is 0.134 e. The predicted octanol–water partition coefficient (Wildman–Crippen LogP) is 1.85. The number of benzene rings is 1. The fraction of sp³-hybridized carbons (Fsp3) is 0.526. The zero-order chi connectivity index (χ0) is 17.7. The van der Waals surface area contributed by atoms with E-state index < -0.39 is 5.60 Å². The van der Waals surface area contributed by atoms with Gasteiger partial charge in [-0.3, -0.25) is 4.90 Å². The Bertz CT molecular complexity index is 688. The monoisotopic (exact) mass is 345 g/mol. The first-order chi connectivity index (χ1) is 12.1. The van der Waals surface area contributed by atoms with Gasteiger partial charge in [0.2, 0.25) is 0 Å². The summed E-state index contributed by atoms with van der Waals surface area (Å²) in [5, 5.41) is 11.0. The summed E-state index contributed by atoms with van der Waals surface area (Å²) in [5.74, 6) is 0.802. The van der Waals surface area contributed by atoms with Gasteiger partial charge in [-0.15, -0.1) is 0 Å². The van der Waals surface area contributed by atoms with Gasteiger partial charge in [-0.1, -0.05) is 18.2 Å². The van der Waals surface area contributed by atoms with Crippen LogP contribution in [0, 0.1) is 6.92 Å². The lowest BCUT2D eigenvalue weighted by Gasteiger charge is -2.30. The summed E-state index contributed by atoms with van der Waals surface area (Å²) in [6.07, 6.45) is 3.73. The van der Waals surface area contributed by atoms with Crippen LogP contribution in [0.15, 0.2) is 36.8 Å². The van der Waals surface area contributed by atoms with Crippen molar-refractivity contribution in [1.29, 1.82) is 0 Å². The second-order valence-electron chi connectivity index (χ2n) is 6.71. The fourth-order valence-corrected chi connectivity index (χ4v) is 3.14. The topological polar surface area (TPSA) is 59.8 Å². The number of para-hydroxylation sites is 1. The van der Waals surface area contributed by atoms with Crippen molar-refractivity contribution in [1.82, 2.24) is 14.5 Å². The molecular formula is C19H27N3O3. The Kier molecular flexibility index (Phi) is 5.73. The summed E-state index contributed by atoms with van der Waals surface area (Å²) < 4.78 is 13.6. The molecule has 25 heavy (non-hydrogen) atoms. The minimum atomic E-state index is -1.03. The van der Waals surface area contributed by atoms with Gasteiger partial charge in [0.1, 0.15) is 18.0 Å². The molecule has 1 aromatic heterocycles. The van der Waals surface area contributed by atoms with Crippen molar-refractivity contribution in [2.45, 2.75) is 32.5 Å². The van der Waals surface area contributed by atoms with E-state index >= 15 is 0 Å². The summed E-state index contributed by atoms with van der Waals surface area (Å²) >= 11 is 0. The number of hydrogen-bond donors (Lipinski definition) is 1. The number of imidazole rings is 1. The van der Waals surface area contributed by atoms with E-state index in [0.717, 1.165) is 36.6 Å². The van der Waals surface area contributed by atoms with Crippen LogP contribution < -0.4 is 4.74 Å². The number of hydrogen-bond acceptors (Lipinski definition) is 5. The standard InChI is InChI=1S/C19H27N3O3/c1-3-22-15-20-10-17(22)11-21-8-9-24-13-19(23,12-21)14-25-18-7-5-4-6-16(18)2/h4-7,10,15,23H,3,8-9,11-14H2,1-2H3/t19-/m0/s1. The highest BCUT2D eigenvalue weighted by atomic mass is 16.5. The van der Waals surface area contributed by atoms with Gasteiger partial charge in [-0.25, -0.2) is 4.98 Å². The van der Waals surface area contributed by atoms with Crippen LogP contribution >= 0.6 is 0 Å². The van der Waals surface area contributed by atoms with Gasteiger partial charge < -0.3 is 19.1 Å². The number of ether oxygens (including phenoxy) is 2. The molecule has 2 heterocycles. The molecule has 1 atom stereocenters. The molecular weight excluding hydrogens is 318 g/mol. The van der Waals surface area contributed by atoms with Crippen molar-refractivity contribution in [2.24, 2.45) is 0 Å². The quantitative estimate of drug-likeness (QED) is 0.866. The first-order valence-electron chi connectivity index (χ1n) is 8.79. The second kappa shape index (κ2) is 7.99. The molecule has 0 radical (unpaired) electrons. The zero-order valence-corrected chi connectivity index (χ0v) is 15.0. The highest BCUT2D eigenvalue weighted by Gasteiger charge is 2.34. The minimum Gasteiger partial charge on any atom is -0.490 e. The summed E-state index contributed by atoms with van der Waals surface area (Å²) in [7, 11) is 0. The van der Waals surface area contributed by atoms with Crippen LogP contribution in [0.1, 0.15) is 18.2 Å². The molecule has 1 aromatic carbocycles. The van der Waals surface area contributed by atoms with Crippen LogP contribution in [0.4, 0.5) is 0 Å². The van der Waals surface area contributed by atoms with Gasteiger partial charge in [0.15, 0.2) is 0 Å². The van der Waals surface area contributed by atoms with E-state index in [4.69, 9.17) is 9.47 Å². The lowest BCUT2D eigenvalue weighted by Crippen LogP contribution is -2.48. The van der Waals surface area contributed by atoms with E-state index in [1.807, 2.05) is 43.7 Å². The van der Waals surface area contributed by atoms with E-state index in [1.54, 1.807) is 0 Å². The van der Waals surface area contributed by atoms with Crippen LogP contribution in [0.2, 0.25) is 0 Å². The third-order valence-electron chi connectivity index (χ3n) is 4.56. The van der Waals surface area contributed by atoms with Crippen molar-refractivity contribution in [2.75, 3.05) is 32.9 Å². The van der Waals surface area contributed by atoms with E-state index in [9.17, 15) is 5.11 Å². The van der Waals surface area contributed by atoms with Gasteiger partial charge in [0, 0.05) is 32.4 Å². The Labute approximate surface area is 149 Å². The number of nitrogens with zero attached hydrogens (tertiary/aromatic N) is 3. The molecule has 6 nitrogen and oxygen atoms in total. The number of aromatic nitrogens is 2. The van der Waals surface area contributed by atoms with Crippen molar-refractivity contribution < 1.29 is 14.6 Å². The molecule has 0 saturated carbocycles. The van der Waals surface area contributed by atoms with Gasteiger partial charge in [-0.2, -0.15) is 0 Å². The molecule has 136 valence electrons. The Hall–Kier alpha value is -1.89. The van der Waals surface area contributed by atoms with Crippen LogP contribution in [-0.4, -0.2) is 58.1 Å². The number of rotatable bonds is 6. The lowest BCUT2D eigenvalue weighted by molar-refractivity contribution is -0.0648. The van der Waals surface area contributed by atoms with Crippen molar-refractivity contribution >= 4 is 0 Å². The Balaban J connectivity index is 1.65. The summed E-state index contributed by atoms with van der Waals surface area (Å²) in [6, 6.07) is 7.84. The molecule has 0 unspecified atom stereocenters. The maximum absolute atomic E-state index is 11.0. The number of aliphatic hydroxyl groups is 1. The minimum absolute atomic E-state index is 0.210. The molecule has 0 amide bonds. The van der Waals surface area contributed by atoms with Crippen LogP contribution in [0.5, 0.6) is 5.75 Å². The van der Waals surface area contributed by atoms with Crippen LogP contribution in [0.3, 0.4) is 0 Å². The average molecular weight is 345 g/mol. The van der Waals surface area contributed by atoms with Crippen molar-refractivity contribution in [3.63, 3.8) is 0 Å². The van der Waals surface area contributed by atoms with E-state index in [0.29, 0.717) is 13.2 Å². The van der Waals surface area contributed by atoms with E-state index in [-0.39, 0.29) is 13.2 Å². The highest BCUT2D eigenvalue weighted by Crippen LogP contribution is 2.20. The zero-order valence-electron chi connectivity index (χ0n) is 15.0. The molecule has 1 aliphatic rings. The maximum Gasteiger partial charge on any atom is 0.134 e. The van der Waals surface area contributed by atoms with Crippen LogP contribution in [0.25, 0.3) is 0 Å². The van der Waals surface area contributed by atoms with Gasteiger partial charge in [0.25, 0.3) is 0 Å². The molecule has 1 aliphatic heterocycles. The first-order valence-corrected chi connectivity index (χ1v) is 8.79. The Morgan fingerprint density at radius 3 is 3.00 bits per heavy atom. The molecule has 1 N–H and O–H groups in total. The molecule has 3 rings (SSSR count). The highest BCUT2D eigenvalue weighted by molar-refractivity contribution is 5.31. The molecule has 2 aromatic rings.